The highest BCUT2D eigenvalue weighted by molar-refractivity contribution is 5.83. The summed E-state index contributed by atoms with van der Waals surface area (Å²) in [6.45, 7) is 0. The molecule has 7 heteroatoms. The Kier molecular flexibility index (Phi) is 3.99. The number of carbonyl (C=O) groups is 2. The number of carbonyl (C=O) groups excluding carboxylic acids is 2. The second kappa shape index (κ2) is 5.45. The average Bonchev–Trinajstić information content (AvgIpc) is 2.30. The maximum atomic E-state index is 10.6. The fourth-order valence-corrected chi connectivity index (χ4v) is 1.18. The minimum atomic E-state index is -0.832. The van der Waals surface area contributed by atoms with Gasteiger partial charge in [0.05, 0.1) is 16.9 Å². The van der Waals surface area contributed by atoms with E-state index >= 15 is 0 Å². The Balaban J connectivity index is 3.24. The van der Waals surface area contributed by atoms with Crippen molar-refractivity contribution < 1.29 is 19.6 Å². The summed E-state index contributed by atoms with van der Waals surface area (Å²) in [5.74, 6) is 3.50. The Bertz CT molecular complexity index is 583. The minimum absolute atomic E-state index is 0.142. The highest BCUT2D eigenvalue weighted by Gasteiger charge is 2.18. The van der Waals surface area contributed by atoms with Crippen molar-refractivity contribution in [3.63, 3.8) is 0 Å². The maximum Gasteiger partial charge on any atom is 0.312 e. The SMILES string of the molecule is NC(=O)CC#Cc1cc(C=O)c(O)c([N+](=O)[O-])c1. The Morgan fingerprint density at radius 1 is 1.56 bits per heavy atom. The van der Waals surface area contributed by atoms with Gasteiger partial charge < -0.3 is 10.8 Å². The van der Waals surface area contributed by atoms with Crippen LogP contribution in [0.5, 0.6) is 5.75 Å². The zero-order valence-corrected chi connectivity index (χ0v) is 9.04. The first-order chi connectivity index (χ1) is 8.45. The molecule has 0 aliphatic carbocycles. The lowest BCUT2D eigenvalue weighted by atomic mass is 10.1. The number of nitrogens with two attached hydrogens (primary N) is 1. The number of nitro benzene ring substituents is 1. The molecule has 0 saturated carbocycles. The largest absolute Gasteiger partial charge is 0.502 e. The standard InChI is InChI=1S/C11H8N2O5/c12-10(15)3-1-2-7-4-8(6-14)11(16)9(5-7)13(17)18/h4-6,16H,3H2,(H2,12,15). The highest BCUT2D eigenvalue weighted by atomic mass is 16.6. The zero-order valence-electron chi connectivity index (χ0n) is 9.04. The number of amides is 1. The van der Waals surface area contributed by atoms with Crippen LogP contribution in [-0.2, 0) is 4.79 Å². The van der Waals surface area contributed by atoms with Crippen LogP contribution in [0, 0.1) is 22.0 Å². The number of hydrogen-bond acceptors (Lipinski definition) is 5. The first-order valence-electron chi connectivity index (χ1n) is 4.69. The van der Waals surface area contributed by atoms with E-state index in [0.717, 1.165) is 6.07 Å². The molecule has 0 aliphatic heterocycles. The normalized spacial score (nSPS) is 9.11. The Morgan fingerprint density at radius 3 is 2.72 bits per heavy atom. The number of hydrogen-bond donors (Lipinski definition) is 2. The molecule has 0 aliphatic rings. The number of nitrogens with zero attached hydrogens (tertiary/aromatic N) is 1. The van der Waals surface area contributed by atoms with E-state index in [1.807, 2.05) is 0 Å². The first kappa shape index (κ1) is 13.2. The summed E-state index contributed by atoms with van der Waals surface area (Å²) in [5.41, 5.74) is 4.15. The molecule has 1 aromatic carbocycles. The topological polar surface area (TPSA) is 124 Å². The number of primary amides is 1. The van der Waals surface area contributed by atoms with Gasteiger partial charge in [-0.25, -0.2) is 0 Å². The summed E-state index contributed by atoms with van der Waals surface area (Å²) in [4.78, 5) is 30.9. The fraction of sp³-hybridized carbons (Fsp3) is 0.0909. The molecule has 1 aromatic rings. The zero-order chi connectivity index (χ0) is 13.7. The molecule has 0 radical (unpaired) electrons. The van der Waals surface area contributed by atoms with Crippen molar-refractivity contribution >= 4 is 17.9 Å². The number of phenolic OH excluding ortho intramolecular Hbond substituents is 1. The lowest BCUT2D eigenvalue weighted by Crippen LogP contribution is -2.08. The number of aromatic hydroxyl groups is 1. The van der Waals surface area contributed by atoms with Gasteiger partial charge in [0.25, 0.3) is 0 Å². The summed E-state index contributed by atoms with van der Waals surface area (Å²) in [6.07, 6.45) is 0.0761. The molecule has 3 N–H and O–H groups in total. The van der Waals surface area contributed by atoms with Gasteiger partial charge in [0.2, 0.25) is 11.7 Å². The van der Waals surface area contributed by atoms with Crippen LogP contribution in [-0.4, -0.2) is 22.2 Å². The van der Waals surface area contributed by atoms with Gasteiger partial charge in [-0.2, -0.15) is 0 Å². The number of nitro groups is 1. The van der Waals surface area contributed by atoms with Crippen LogP contribution in [0.3, 0.4) is 0 Å². The smallest absolute Gasteiger partial charge is 0.312 e. The van der Waals surface area contributed by atoms with E-state index in [1.54, 1.807) is 0 Å². The van der Waals surface area contributed by atoms with E-state index in [9.17, 15) is 24.8 Å². The number of aldehydes is 1. The lowest BCUT2D eigenvalue weighted by Gasteiger charge is -2.00. The van der Waals surface area contributed by atoms with Crippen molar-refractivity contribution in [2.75, 3.05) is 0 Å². The summed E-state index contributed by atoms with van der Waals surface area (Å²) in [6, 6.07) is 2.19. The van der Waals surface area contributed by atoms with Gasteiger partial charge in [-0.1, -0.05) is 11.8 Å². The molecule has 0 spiro atoms. The van der Waals surface area contributed by atoms with Gasteiger partial charge in [-0.15, -0.1) is 0 Å². The van der Waals surface area contributed by atoms with Crippen LogP contribution >= 0.6 is 0 Å². The van der Waals surface area contributed by atoms with Gasteiger partial charge in [-0.3, -0.25) is 19.7 Å². The van der Waals surface area contributed by atoms with Crippen molar-refractivity contribution in [2.24, 2.45) is 5.73 Å². The molecular weight excluding hydrogens is 240 g/mol. The summed E-state index contributed by atoms with van der Waals surface area (Å²) < 4.78 is 0. The van der Waals surface area contributed by atoms with Crippen LogP contribution in [0.15, 0.2) is 12.1 Å². The van der Waals surface area contributed by atoms with Gasteiger partial charge in [-0.05, 0) is 6.07 Å². The van der Waals surface area contributed by atoms with Crippen LogP contribution < -0.4 is 5.73 Å². The van der Waals surface area contributed by atoms with Crippen molar-refractivity contribution in [3.05, 3.63) is 33.4 Å². The second-order valence-corrected chi connectivity index (χ2v) is 3.25. The summed E-state index contributed by atoms with van der Waals surface area (Å²) >= 11 is 0. The molecule has 0 bridgehead atoms. The predicted octanol–water partition coefficient (Wildman–Crippen LogP) is 0.340. The third-order valence-corrected chi connectivity index (χ3v) is 1.94. The van der Waals surface area contributed by atoms with Crippen molar-refractivity contribution in [2.45, 2.75) is 6.42 Å². The van der Waals surface area contributed by atoms with E-state index in [4.69, 9.17) is 5.73 Å². The van der Waals surface area contributed by atoms with E-state index in [2.05, 4.69) is 11.8 Å². The van der Waals surface area contributed by atoms with Gasteiger partial charge >= 0.3 is 5.69 Å². The van der Waals surface area contributed by atoms with Crippen molar-refractivity contribution in [1.82, 2.24) is 0 Å². The maximum absolute atomic E-state index is 10.6. The molecule has 7 nitrogen and oxygen atoms in total. The molecule has 0 fully saturated rings. The highest BCUT2D eigenvalue weighted by Crippen LogP contribution is 2.29. The molecule has 0 heterocycles. The fourth-order valence-electron chi connectivity index (χ4n) is 1.18. The number of rotatable bonds is 3. The summed E-state index contributed by atoms with van der Waals surface area (Å²) in [7, 11) is 0. The molecule has 1 amide bonds. The molecule has 0 unspecified atom stereocenters. The van der Waals surface area contributed by atoms with E-state index < -0.39 is 22.3 Å². The molecule has 18 heavy (non-hydrogen) atoms. The van der Waals surface area contributed by atoms with Gasteiger partial charge in [0.15, 0.2) is 6.29 Å². The lowest BCUT2D eigenvalue weighted by molar-refractivity contribution is -0.385. The molecule has 0 aromatic heterocycles. The van der Waals surface area contributed by atoms with Crippen LogP contribution in [0.25, 0.3) is 0 Å². The third kappa shape index (κ3) is 3.05. The predicted molar refractivity (Wildman–Crippen MR) is 60.8 cm³/mol. The summed E-state index contributed by atoms with van der Waals surface area (Å²) in [5, 5.41) is 20.0. The Hall–Kier alpha value is -2.88. The second-order valence-electron chi connectivity index (χ2n) is 3.25. The quantitative estimate of drug-likeness (QED) is 0.345. The van der Waals surface area contributed by atoms with Crippen LogP contribution in [0.1, 0.15) is 22.3 Å². The number of benzene rings is 1. The Morgan fingerprint density at radius 2 is 2.22 bits per heavy atom. The van der Waals surface area contributed by atoms with Gasteiger partial charge in [0.1, 0.15) is 0 Å². The van der Waals surface area contributed by atoms with Crippen LogP contribution in [0.4, 0.5) is 5.69 Å². The average molecular weight is 248 g/mol. The van der Waals surface area contributed by atoms with Crippen LogP contribution in [0.2, 0.25) is 0 Å². The van der Waals surface area contributed by atoms with Crippen molar-refractivity contribution in [1.29, 1.82) is 0 Å². The number of phenols is 1. The van der Waals surface area contributed by atoms with E-state index in [-0.39, 0.29) is 23.8 Å². The van der Waals surface area contributed by atoms with Gasteiger partial charge in [0, 0.05) is 11.6 Å². The first-order valence-corrected chi connectivity index (χ1v) is 4.69. The van der Waals surface area contributed by atoms with E-state index in [1.165, 1.54) is 6.07 Å². The Labute approximate surface area is 101 Å². The third-order valence-electron chi connectivity index (χ3n) is 1.94. The molecule has 0 saturated heterocycles. The monoisotopic (exact) mass is 248 g/mol. The van der Waals surface area contributed by atoms with E-state index in [0.29, 0.717) is 0 Å². The molecule has 92 valence electrons. The molecule has 0 atom stereocenters. The van der Waals surface area contributed by atoms with Crippen molar-refractivity contribution in [3.8, 4) is 17.6 Å². The molecule has 1 rings (SSSR count). The minimum Gasteiger partial charge on any atom is -0.502 e. The molecular formula is C11H8N2O5.